The lowest BCUT2D eigenvalue weighted by Gasteiger charge is -2.35. The number of fused-ring (bicyclic) bond motifs is 20. The van der Waals surface area contributed by atoms with Crippen molar-refractivity contribution in [2.45, 2.75) is 24.7 Å². The Labute approximate surface area is 682 Å². The van der Waals surface area contributed by atoms with E-state index < -0.39 is 5.41 Å². The van der Waals surface area contributed by atoms with Crippen LogP contribution in [0.15, 0.2) is 430 Å². The van der Waals surface area contributed by atoms with Gasteiger partial charge in [-0.3, -0.25) is 0 Å². The van der Waals surface area contributed by atoms with E-state index in [4.69, 9.17) is 17.7 Å². The monoisotopic (exact) mass is 1510 g/mol. The fraction of sp³-hybridized carbons (Fsp3) is 0.0357. The first-order chi connectivity index (χ1) is 58.3. The Morgan fingerprint density at radius 1 is 0.195 bits per heavy atom. The van der Waals surface area contributed by atoms with Crippen LogP contribution < -0.4 is 9.80 Å². The van der Waals surface area contributed by atoms with E-state index in [-0.39, 0.29) is 5.41 Å². The number of anilines is 6. The van der Waals surface area contributed by atoms with Crippen LogP contribution in [0.25, 0.3) is 155 Å². The summed E-state index contributed by atoms with van der Waals surface area (Å²) in [4.78, 5) is 4.76. The molecule has 18 aromatic carbocycles. The first-order valence-corrected chi connectivity index (χ1v) is 40.5. The molecule has 6 heteroatoms. The summed E-state index contributed by atoms with van der Waals surface area (Å²) in [6.07, 6.45) is 0. The number of benzene rings is 18. The third kappa shape index (κ3) is 10.8. The van der Waals surface area contributed by atoms with Gasteiger partial charge in [0.2, 0.25) is 0 Å². The normalized spacial score (nSPS) is 13.0. The summed E-state index contributed by atoms with van der Waals surface area (Å²) in [5.74, 6) is 0. The summed E-state index contributed by atoms with van der Waals surface area (Å²) in [6, 6.07) is 148. The van der Waals surface area contributed by atoms with Crippen molar-refractivity contribution in [3.8, 4) is 66.8 Å². The largest absolute Gasteiger partial charge is 0.455 e. The van der Waals surface area contributed by atoms with Crippen LogP contribution >= 0.6 is 0 Å². The molecular weight excluding hydrogens is 1440 g/mol. The van der Waals surface area contributed by atoms with Crippen LogP contribution in [0.1, 0.15) is 47.2 Å². The van der Waals surface area contributed by atoms with Gasteiger partial charge in [0.15, 0.2) is 0 Å². The summed E-state index contributed by atoms with van der Waals surface area (Å²) in [5, 5.41) is 9.09. The number of hydrogen-bond acceptors (Lipinski definition) is 6. The van der Waals surface area contributed by atoms with Gasteiger partial charge in [0, 0.05) is 105 Å². The Bertz CT molecular complexity index is 7630. The lowest BCUT2D eigenvalue weighted by atomic mass is 9.67. The van der Waals surface area contributed by atoms with E-state index >= 15 is 0 Å². The number of hydrogen-bond donors (Lipinski definition) is 0. The van der Waals surface area contributed by atoms with Gasteiger partial charge in [-0.1, -0.05) is 329 Å². The number of furan rings is 4. The highest BCUT2D eigenvalue weighted by atomic mass is 16.3. The average molecular weight is 1510 g/mol. The molecule has 118 heavy (non-hydrogen) atoms. The molecule has 556 valence electrons. The van der Waals surface area contributed by atoms with Crippen molar-refractivity contribution >= 4 is 122 Å². The smallest absolute Gasteiger partial charge is 0.143 e. The van der Waals surface area contributed by atoms with Crippen LogP contribution in [0.5, 0.6) is 0 Å². The Morgan fingerprint density at radius 2 is 0.492 bits per heavy atom. The highest BCUT2D eigenvalue weighted by molar-refractivity contribution is 6.15. The predicted octanol–water partition coefficient (Wildman–Crippen LogP) is 31.2. The van der Waals surface area contributed by atoms with E-state index in [0.29, 0.717) is 0 Å². The minimum atomic E-state index is -0.631. The molecule has 0 radical (unpaired) electrons. The summed E-state index contributed by atoms with van der Waals surface area (Å²) >= 11 is 0. The van der Waals surface area contributed by atoms with Gasteiger partial charge in [-0.2, -0.15) is 0 Å². The summed E-state index contributed by atoms with van der Waals surface area (Å²) in [6.45, 7) is 4.67. The molecule has 0 spiro atoms. The molecule has 0 saturated carbocycles. The standard InChI is InChI=1S/C61H39NO2.C51H35NO2/c1-4-15-40(16-5-1)41-27-31-45(32-28-41)62(46-33-29-42(30-34-46)48-23-14-24-51-49-21-10-12-25-56(49)63-59(48)51)47-35-36-53-55(39-47)61(43-17-6-2-7-18-43,44-19-8-3-9-20-44)54-38-37-52-50-22-11-13-26-57(50)64-60(52)58(53)54;1-51(2)44-30-29-42-40-14-7-9-18-47(40)54-50(42)48(44)43-28-27-37(31-45(43)51)52(35-23-19-33(20-24-35)32-11-4-3-5-12-32)36-25-21-34(22-26-36)38-15-10-16-41-39-13-6-8-17-46(39)53-49(38)41/h1-39H;3-31H,1-2H3. The van der Waals surface area contributed by atoms with Gasteiger partial charge < -0.3 is 27.5 Å². The number of rotatable bonds is 12. The SMILES string of the molecule is CC1(C)c2cc(N(c3ccc(-c4ccccc4)cc3)c3ccc(-c4cccc5c4oc4ccccc45)cc3)ccc2-c2c1ccc1c2oc2ccccc21.c1ccc(-c2ccc(N(c3ccc(-c4cccc5c4oc4ccccc45)cc3)c3ccc4c(c3)C(c3ccccc3)(c3ccccc3)c3ccc5c(oc6ccccc65)c3-4)cc2)cc1. The molecule has 6 nitrogen and oxygen atoms in total. The predicted molar refractivity (Wildman–Crippen MR) is 488 cm³/mol. The van der Waals surface area contributed by atoms with Crippen LogP contribution in [0, 0.1) is 0 Å². The van der Waals surface area contributed by atoms with Gasteiger partial charge >= 0.3 is 0 Å². The first kappa shape index (κ1) is 68.4. The second-order valence-corrected chi connectivity index (χ2v) is 31.6. The highest BCUT2D eigenvalue weighted by Gasteiger charge is 2.48. The van der Waals surface area contributed by atoms with Crippen LogP contribution in [0.2, 0.25) is 0 Å². The third-order valence-electron chi connectivity index (χ3n) is 24.9. The van der Waals surface area contributed by atoms with E-state index in [2.05, 4.69) is 406 Å². The molecule has 24 rings (SSSR count). The van der Waals surface area contributed by atoms with Gasteiger partial charge in [0.1, 0.15) is 44.7 Å². The Balaban J connectivity index is 0.000000140. The van der Waals surface area contributed by atoms with Crippen LogP contribution in [0.3, 0.4) is 0 Å². The lowest BCUT2D eigenvalue weighted by molar-refractivity contribution is 0.653. The summed E-state index contributed by atoms with van der Waals surface area (Å²) in [5.41, 5.74) is 34.2. The molecule has 0 aliphatic heterocycles. The highest BCUT2D eigenvalue weighted by Crippen LogP contribution is 2.61. The number of para-hydroxylation sites is 6. The van der Waals surface area contributed by atoms with Crippen molar-refractivity contribution in [2.24, 2.45) is 0 Å². The Kier molecular flexibility index (Phi) is 15.8. The summed E-state index contributed by atoms with van der Waals surface area (Å²) in [7, 11) is 0. The van der Waals surface area contributed by atoms with E-state index in [1.807, 2.05) is 30.3 Å². The second-order valence-electron chi connectivity index (χ2n) is 31.6. The van der Waals surface area contributed by atoms with Crippen molar-refractivity contribution in [2.75, 3.05) is 9.80 Å². The van der Waals surface area contributed by atoms with Gasteiger partial charge in [-0.25, -0.2) is 0 Å². The van der Waals surface area contributed by atoms with Gasteiger partial charge in [0.05, 0.1) is 5.41 Å². The van der Waals surface area contributed by atoms with Gasteiger partial charge in [-0.15, -0.1) is 0 Å². The zero-order chi connectivity index (χ0) is 78.2. The molecule has 0 unspecified atom stereocenters. The van der Waals surface area contributed by atoms with Crippen molar-refractivity contribution in [3.63, 3.8) is 0 Å². The second kappa shape index (κ2) is 27.2. The Hall–Kier alpha value is -15.2. The van der Waals surface area contributed by atoms with Crippen LogP contribution in [-0.4, -0.2) is 0 Å². The van der Waals surface area contributed by atoms with Crippen molar-refractivity contribution in [1.29, 1.82) is 0 Å². The molecule has 0 N–H and O–H groups in total. The lowest BCUT2D eigenvalue weighted by Crippen LogP contribution is -2.28. The molecule has 22 aromatic rings. The van der Waals surface area contributed by atoms with E-state index in [1.165, 1.54) is 72.3 Å². The molecule has 0 bridgehead atoms. The molecule has 4 heterocycles. The quantitative estimate of drug-likeness (QED) is 0.121. The van der Waals surface area contributed by atoms with Crippen LogP contribution in [-0.2, 0) is 10.8 Å². The molecule has 2 aliphatic carbocycles. The molecular formula is C112H74N2O4. The molecule has 4 aromatic heterocycles. The fourth-order valence-electron chi connectivity index (χ4n) is 19.3. The third-order valence-corrected chi connectivity index (χ3v) is 24.9. The molecule has 2 aliphatic rings. The maximum Gasteiger partial charge on any atom is 0.143 e. The van der Waals surface area contributed by atoms with Crippen molar-refractivity contribution in [3.05, 3.63) is 446 Å². The van der Waals surface area contributed by atoms with E-state index in [9.17, 15) is 0 Å². The topological polar surface area (TPSA) is 59.0 Å². The molecule has 0 atom stereocenters. The first-order valence-electron chi connectivity index (χ1n) is 40.5. The maximum atomic E-state index is 6.86. The van der Waals surface area contributed by atoms with Gasteiger partial charge in [-0.05, 0) is 175 Å². The van der Waals surface area contributed by atoms with Crippen molar-refractivity contribution in [1.82, 2.24) is 0 Å². The number of nitrogens with zero attached hydrogens (tertiary/aromatic N) is 2. The van der Waals surface area contributed by atoms with Crippen molar-refractivity contribution < 1.29 is 17.7 Å². The maximum absolute atomic E-state index is 6.86. The van der Waals surface area contributed by atoms with Gasteiger partial charge in [0.25, 0.3) is 0 Å². The Morgan fingerprint density at radius 3 is 0.898 bits per heavy atom. The summed E-state index contributed by atoms with van der Waals surface area (Å²) < 4.78 is 26.3. The molecule has 0 fully saturated rings. The molecule has 0 amide bonds. The zero-order valence-corrected chi connectivity index (χ0v) is 64.8. The molecule has 0 saturated heterocycles. The zero-order valence-electron chi connectivity index (χ0n) is 64.8. The minimum absolute atomic E-state index is 0.216. The minimum Gasteiger partial charge on any atom is -0.455 e. The fourth-order valence-corrected chi connectivity index (χ4v) is 19.3. The van der Waals surface area contributed by atoms with Crippen LogP contribution in [0.4, 0.5) is 34.1 Å². The average Bonchev–Trinajstić information content (AvgIpc) is 1.52. The van der Waals surface area contributed by atoms with E-state index in [0.717, 1.165) is 150 Å². The van der Waals surface area contributed by atoms with E-state index in [1.54, 1.807) is 0 Å².